The molecule has 0 aliphatic carbocycles. The number of nitrogens with zero attached hydrogens (tertiary/aromatic N) is 4. The Hall–Kier alpha value is -2.50. The number of likely N-dealkylation sites (tertiary alicyclic amines) is 1. The number of fused-ring (bicyclic) bond motifs is 1. The third kappa shape index (κ3) is 3.62. The van der Waals surface area contributed by atoms with Crippen LogP contribution in [0.15, 0.2) is 30.6 Å². The van der Waals surface area contributed by atoms with Crippen molar-refractivity contribution < 1.29 is 9.59 Å². The lowest BCUT2D eigenvalue weighted by molar-refractivity contribution is -0.136. The second-order valence-corrected chi connectivity index (χ2v) is 6.43. The molecule has 25 heavy (non-hydrogen) atoms. The van der Waals surface area contributed by atoms with Crippen LogP contribution in [0.4, 0.5) is 0 Å². The van der Waals surface area contributed by atoms with Crippen molar-refractivity contribution in [3.63, 3.8) is 0 Å². The summed E-state index contributed by atoms with van der Waals surface area (Å²) in [5.41, 5.74) is 0.636. The van der Waals surface area contributed by atoms with E-state index < -0.39 is 0 Å². The quantitative estimate of drug-likeness (QED) is 0.857. The monoisotopic (exact) mass is 340 g/mol. The van der Waals surface area contributed by atoms with Gasteiger partial charge in [-0.1, -0.05) is 6.07 Å². The van der Waals surface area contributed by atoms with Crippen LogP contribution < -0.4 is 0 Å². The highest BCUT2D eigenvalue weighted by Crippen LogP contribution is 2.22. The van der Waals surface area contributed by atoms with Gasteiger partial charge < -0.3 is 9.80 Å². The molecule has 1 aromatic carbocycles. The Morgan fingerprint density at radius 1 is 1.16 bits per heavy atom. The second-order valence-electron chi connectivity index (χ2n) is 6.43. The molecule has 2 heterocycles. The molecule has 1 aliphatic rings. The van der Waals surface area contributed by atoms with Gasteiger partial charge in [-0.2, -0.15) is 10.2 Å². The van der Waals surface area contributed by atoms with Crippen molar-refractivity contribution in [2.24, 2.45) is 5.92 Å². The Bertz CT molecular complexity index is 773. The van der Waals surface area contributed by atoms with Gasteiger partial charge in [0.15, 0.2) is 0 Å². The highest BCUT2D eigenvalue weighted by Gasteiger charge is 2.30. The number of hydrogen-bond acceptors (Lipinski definition) is 4. The minimum Gasteiger partial charge on any atom is -0.343 e. The van der Waals surface area contributed by atoms with Crippen molar-refractivity contribution in [2.75, 3.05) is 26.2 Å². The van der Waals surface area contributed by atoms with Gasteiger partial charge in [0.05, 0.1) is 18.3 Å². The Morgan fingerprint density at radius 3 is 2.60 bits per heavy atom. The summed E-state index contributed by atoms with van der Waals surface area (Å²) in [4.78, 5) is 29.2. The van der Waals surface area contributed by atoms with Crippen molar-refractivity contribution in [3.8, 4) is 0 Å². The largest absolute Gasteiger partial charge is 0.343 e. The summed E-state index contributed by atoms with van der Waals surface area (Å²) >= 11 is 0. The predicted molar refractivity (Wildman–Crippen MR) is 96.1 cm³/mol. The first kappa shape index (κ1) is 17.3. The van der Waals surface area contributed by atoms with Crippen LogP contribution in [0, 0.1) is 5.92 Å². The SMILES string of the molecule is CCN(CC)C(=O)[C@H]1CCCN(C(=O)c2ccc3cnncc3c2)C1. The second kappa shape index (κ2) is 7.59. The lowest BCUT2D eigenvalue weighted by atomic mass is 9.95. The lowest BCUT2D eigenvalue weighted by Gasteiger charge is -2.34. The molecule has 0 bridgehead atoms. The van der Waals surface area contributed by atoms with Gasteiger partial charge >= 0.3 is 0 Å². The number of benzene rings is 1. The third-order valence-electron chi connectivity index (χ3n) is 4.93. The molecule has 6 heteroatoms. The highest BCUT2D eigenvalue weighted by molar-refractivity contribution is 5.98. The van der Waals surface area contributed by atoms with E-state index in [0.717, 1.165) is 23.6 Å². The Morgan fingerprint density at radius 2 is 1.88 bits per heavy atom. The Labute approximate surface area is 147 Å². The van der Waals surface area contributed by atoms with Gasteiger partial charge in [0.2, 0.25) is 5.91 Å². The maximum absolute atomic E-state index is 12.9. The van der Waals surface area contributed by atoms with Crippen LogP contribution in [0.25, 0.3) is 10.8 Å². The van der Waals surface area contributed by atoms with E-state index in [1.807, 2.05) is 41.8 Å². The van der Waals surface area contributed by atoms with Crippen LogP contribution in [-0.2, 0) is 4.79 Å². The maximum Gasteiger partial charge on any atom is 0.253 e. The van der Waals surface area contributed by atoms with Crippen molar-refractivity contribution in [3.05, 3.63) is 36.2 Å². The number of hydrogen-bond donors (Lipinski definition) is 0. The molecule has 0 N–H and O–H groups in total. The van der Waals surface area contributed by atoms with E-state index in [-0.39, 0.29) is 17.7 Å². The normalized spacial score (nSPS) is 17.5. The highest BCUT2D eigenvalue weighted by atomic mass is 16.2. The molecular formula is C19H24N4O2. The minimum atomic E-state index is -0.0936. The smallest absolute Gasteiger partial charge is 0.253 e. The molecule has 0 saturated carbocycles. The molecule has 0 spiro atoms. The van der Waals surface area contributed by atoms with Crippen LogP contribution in [0.1, 0.15) is 37.0 Å². The number of piperidine rings is 1. The molecular weight excluding hydrogens is 316 g/mol. The van der Waals surface area contributed by atoms with Gasteiger partial charge in [-0.15, -0.1) is 0 Å². The van der Waals surface area contributed by atoms with Gasteiger partial charge in [-0.05, 0) is 38.8 Å². The molecule has 1 aromatic heterocycles. The zero-order valence-electron chi connectivity index (χ0n) is 14.8. The van der Waals surface area contributed by atoms with Crippen molar-refractivity contribution in [1.82, 2.24) is 20.0 Å². The summed E-state index contributed by atoms with van der Waals surface area (Å²) in [5.74, 6) is 0.0518. The van der Waals surface area contributed by atoms with Crippen LogP contribution in [-0.4, -0.2) is 58.0 Å². The average Bonchev–Trinajstić information content (AvgIpc) is 2.68. The molecule has 1 saturated heterocycles. The molecule has 132 valence electrons. The van der Waals surface area contributed by atoms with Gasteiger partial charge in [-0.25, -0.2) is 0 Å². The molecule has 1 atom stereocenters. The van der Waals surface area contributed by atoms with E-state index in [2.05, 4.69) is 10.2 Å². The van der Waals surface area contributed by atoms with Gasteiger partial charge in [0.25, 0.3) is 5.91 Å². The average molecular weight is 340 g/mol. The van der Waals surface area contributed by atoms with Gasteiger partial charge in [-0.3, -0.25) is 9.59 Å². The summed E-state index contributed by atoms with van der Waals surface area (Å²) in [6.45, 7) is 6.61. The first-order chi connectivity index (χ1) is 12.1. The summed E-state index contributed by atoms with van der Waals surface area (Å²) < 4.78 is 0. The third-order valence-corrected chi connectivity index (χ3v) is 4.93. The van der Waals surface area contributed by atoms with E-state index in [1.165, 1.54) is 0 Å². The zero-order valence-corrected chi connectivity index (χ0v) is 14.8. The molecule has 0 radical (unpaired) electrons. The number of aromatic nitrogens is 2. The Balaban J connectivity index is 1.75. The van der Waals surface area contributed by atoms with E-state index in [9.17, 15) is 9.59 Å². The first-order valence-corrected chi connectivity index (χ1v) is 8.92. The standard InChI is InChI=1S/C19H24N4O2/c1-3-22(4-2)19(25)16-6-5-9-23(13-16)18(24)14-7-8-15-11-20-21-12-17(15)10-14/h7-8,10-12,16H,3-6,9,13H2,1-2H3/t16-/m0/s1. The predicted octanol–water partition coefficient (Wildman–Crippen LogP) is 2.35. The molecule has 2 aromatic rings. The molecule has 6 nitrogen and oxygen atoms in total. The summed E-state index contributed by atoms with van der Waals surface area (Å²) in [5, 5.41) is 9.58. The molecule has 0 unspecified atom stereocenters. The van der Waals surface area contributed by atoms with Crippen molar-refractivity contribution in [2.45, 2.75) is 26.7 Å². The van der Waals surface area contributed by atoms with Crippen LogP contribution in [0.3, 0.4) is 0 Å². The fourth-order valence-electron chi connectivity index (χ4n) is 3.47. The number of amides is 2. The fourth-order valence-corrected chi connectivity index (χ4v) is 3.47. The van der Waals surface area contributed by atoms with Crippen LogP contribution in [0.5, 0.6) is 0 Å². The fraction of sp³-hybridized carbons (Fsp3) is 0.474. The number of carbonyl (C=O) groups excluding carboxylic acids is 2. The zero-order chi connectivity index (χ0) is 17.8. The van der Waals surface area contributed by atoms with Crippen molar-refractivity contribution >= 4 is 22.6 Å². The van der Waals surface area contributed by atoms with Crippen molar-refractivity contribution in [1.29, 1.82) is 0 Å². The van der Waals surface area contributed by atoms with Gasteiger partial charge in [0.1, 0.15) is 0 Å². The first-order valence-electron chi connectivity index (χ1n) is 8.92. The van der Waals surface area contributed by atoms with E-state index in [4.69, 9.17) is 0 Å². The summed E-state index contributed by atoms with van der Waals surface area (Å²) in [7, 11) is 0. The van der Waals surface area contributed by atoms with E-state index in [0.29, 0.717) is 31.7 Å². The Kier molecular flexibility index (Phi) is 5.26. The minimum absolute atomic E-state index is 0.0178. The lowest BCUT2D eigenvalue weighted by Crippen LogP contribution is -2.46. The molecule has 2 amide bonds. The molecule has 1 fully saturated rings. The number of rotatable bonds is 4. The molecule has 3 rings (SSSR count). The maximum atomic E-state index is 12.9. The molecule has 1 aliphatic heterocycles. The van der Waals surface area contributed by atoms with E-state index >= 15 is 0 Å². The van der Waals surface area contributed by atoms with Crippen LogP contribution >= 0.6 is 0 Å². The van der Waals surface area contributed by atoms with Gasteiger partial charge in [0, 0.05) is 42.5 Å². The van der Waals surface area contributed by atoms with E-state index in [1.54, 1.807) is 12.4 Å². The summed E-state index contributed by atoms with van der Waals surface area (Å²) in [6, 6.07) is 5.56. The van der Waals surface area contributed by atoms with Crippen LogP contribution in [0.2, 0.25) is 0 Å². The number of carbonyl (C=O) groups is 2. The summed E-state index contributed by atoms with van der Waals surface area (Å²) in [6.07, 6.45) is 5.06. The topological polar surface area (TPSA) is 66.4 Å².